The van der Waals surface area contributed by atoms with Crippen LogP contribution in [0.4, 0.5) is 11.4 Å². The van der Waals surface area contributed by atoms with E-state index in [0.717, 1.165) is 24.0 Å². The Morgan fingerprint density at radius 2 is 1.84 bits per heavy atom. The van der Waals surface area contributed by atoms with E-state index in [0.29, 0.717) is 36.6 Å². The third-order valence-electron chi connectivity index (χ3n) is 5.88. The number of ether oxygens (including phenoxy) is 1. The molecule has 0 aliphatic carbocycles. The number of fused-ring (bicyclic) bond motifs is 1. The first-order chi connectivity index (χ1) is 15.3. The van der Waals surface area contributed by atoms with Gasteiger partial charge in [0.15, 0.2) is 0 Å². The van der Waals surface area contributed by atoms with E-state index in [4.69, 9.17) is 4.74 Å². The summed E-state index contributed by atoms with van der Waals surface area (Å²) in [6, 6.07) is 10.3. The molecule has 170 valence electrons. The monoisotopic (exact) mass is 457 g/mol. The van der Waals surface area contributed by atoms with Gasteiger partial charge < -0.3 is 15.0 Å². The van der Waals surface area contributed by atoms with Gasteiger partial charge in [0.1, 0.15) is 12.3 Å². The van der Waals surface area contributed by atoms with Crippen LogP contribution in [-0.2, 0) is 26.0 Å². The Kier molecular flexibility index (Phi) is 6.21. The highest BCUT2D eigenvalue weighted by Crippen LogP contribution is 2.32. The van der Waals surface area contributed by atoms with E-state index in [-0.39, 0.29) is 29.7 Å². The molecule has 2 aromatic rings. The van der Waals surface area contributed by atoms with Gasteiger partial charge in [-0.3, -0.25) is 9.59 Å². The van der Waals surface area contributed by atoms with Crippen LogP contribution in [0.1, 0.15) is 30.4 Å². The van der Waals surface area contributed by atoms with Gasteiger partial charge in [0.25, 0.3) is 0 Å². The summed E-state index contributed by atoms with van der Waals surface area (Å²) in [5, 5.41) is 2.81. The van der Waals surface area contributed by atoms with E-state index in [1.807, 2.05) is 13.0 Å². The van der Waals surface area contributed by atoms with Crippen molar-refractivity contribution in [2.45, 2.75) is 37.5 Å². The Morgan fingerprint density at radius 1 is 1.09 bits per heavy atom. The van der Waals surface area contributed by atoms with Gasteiger partial charge >= 0.3 is 0 Å². The molecule has 2 amide bonds. The smallest absolute Gasteiger partial charge is 0.244 e. The average Bonchev–Trinajstić information content (AvgIpc) is 3.31. The summed E-state index contributed by atoms with van der Waals surface area (Å²) in [5.41, 5.74) is 2.83. The van der Waals surface area contributed by atoms with Gasteiger partial charge in [-0.2, -0.15) is 4.31 Å². The van der Waals surface area contributed by atoms with E-state index in [1.54, 1.807) is 24.3 Å². The summed E-state index contributed by atoms with van der Waals surface area (Å²) < 4.78 is 32.6. The van der Waals surface area contributed by atoms with E-state index < -0.39 is 10.0 Å². The molecule has 32 heavy (non-hydrogen) atoms. The van der Waals surface area contributed by atoms with Crippen LogP contribution in [-0.4, -0.2) is 51.3 Å². The van der Waals surface area contributed by atoms with E-state index in [1.165, 1.54) is 22.4 Å². The minimum absolute atomic E-state index is 0.166. The number of sulfonamides is 1. The van der Waals surface area contributed by atoms with Gasteiger partial charge in [-0.05, 0) is 67.6 Å². The van der Waals surface area contributed by atoms with Crippen LogP contribution < -0.4 is 15.0 Å². The molecule has 0 atom stereocenters. The molecule has 0 spiro atoms. The number of hydrogen-bond donors (Lipinski definition) is 1. The molecule has 0 radical (unpaired) electrons. The topological polar surface area (TPSA) is 96.0 Å². The highest BCUT2D eigenvalue weighted by atomic mass is 32.2. The standard InChI is InChI=1S/C23H27N3O5S/c1-16-5-9-21(31-2)19(13-16)24-22(27)15-26-20-8-7-18(14-17(20)6-10-23(26)28)32(29,30)25-11-3-4-12-25/h5,7-9,13-14H,3-4,6,10-12,15H2,1-2H3,(H,24,27). The molecular formula is C23H27N3O5S. The lowest BCUT2D eigenvalue weighted by Gasteiger charge is -2.29. The van der Waals surface area contributed by atoms with Crippen LogP contribution in [0, 0.1) is 6.92 Å². The molecule has 1 N–H and O–H groups in total. The van der Waals surface area contributed by atoms with Crippen molar-refractivity contribution in [2.75, 3.05) is 37.0 Å². The van der Waals surface area contributed by atoms with E-state index in [9.17, 15) is 18.0 Å². The predicted octanol–water partition coefficient (Wildman–Crippen LogP) is 2.71. The van der Waals surface area contributed by atoms with Crippen molar-refractivity contribution in [3.8, 4) is 5.75 Å². The Balaban J connectivity index is 1.56. The molecule has 0 saturated carbocycles. The number of anilines is 2. The first-order valence-corrected chi connectivity index (χ1v) is 12.1. The van der Waals surface area contributed by atoms with Crippen molar-refractivity contribution < 1.29 is 22.7 Å². The molecule has 0 bridgehead atoms. The fourth-order valence-corrected chi connectivity index (χ4v) is 5.77. The predicted molar refractivity (Wildman–Crippen MR) is 121 cm³/mol. The maximum absolute atomic E-state index is 12.9. The number of aryl methyl sites for hydroxylation is 2. The molecule has 2 aromatic carbocycles. The van der Waals surface area contributed by atoms with E-state index in [2.05, 4.69) is 5.32 Å². The first kappa shape index (κ1) is 22.3. The summed E-state index contributed by atoms with van der Waals surface area (Å²) in [6.45, 7) is 2.81. The van der Waals surface area contributed by atoms with Crippen LogP contribution in [0.3, 0.4) is 0 Å². The molecule has 0 unspecified atom stereocenters. The summed E-state index contributed by atoms with van der Waals surface area (Å²) in [6.07, 6.45) is 2.41. The summed E-state index contributed by atoms with van der Waals surface area (Å²) in [5.74, 6) is 0.00829. The van der Waals surface area contributed by atoms with Gasteiger partial charge in [-0.15, -0.1) is 0 Å². The second-order valence-electron chi connectivity index (χ2n) is 8.13. The lowest BCUT2D eigenvalue weighted by atomic mass is 10.0. The zero-order valence-corrected chi connectivity index (χ0v) is 19.1. The first-order valence-electron chi connectivity index (χ1n) is 10.7. The molecule has 2 aliphatic rings. The molecule has 4 rings (SSSR count). The van der Waals surface area contributed by atoms with Crippen LogP contribution in [0.2, 0.25) is 0 Å². The molecule has 1 fully saturated rings. The van der Waals surface area contributed by atoms with Crippen molar-refractivity contribution in [1.29, 1.82) is 0 Å². The highest BCUT2D eigenvalue weighted by molar-refractivity contribution is 7.89. The lowest BCUT2D eigenvalue weighted by molar-refractivity contribution is -0.121. The zero-order chi connectivity index (χ0) is 22.9. The molecule has 0 aromatic heterocycles. The van der Waals surface area contributed by atoms with Crippen LogP contribution in [0.5, 0.6) is 5.75 Å². The minimum Gasteiger partial charge on any atom is -0.495 e. The van der Waals surface area contributed by atoms with Crippen LogP contribution in [0.15, 0.2) is 41.3 Å². The Labute approximate surface area is 188 Å². The minimum atomic E-state index is -3.54. The van der Waals surface area contributed by atoms with Gasteiger partial charge in [-0.25, -0.2) is 8.42 Å². The number of benzene rings is 2. The average molecular weight is 458 g/mol. The number of rotatable bonds is 6. The number of carbonyl (C=O) groups excluding carboxylic acids is 2. The van der Waals surface area contributed by atoms with Crippen LogP contribution in [0.25, 0.3) is 0 Å². The van der Waals surface area contributed by atoms with E-state index >= 15 is 0 Å². The van der Waals surface area contributed by atoms with Gasteiger partial charge in [0.05, 0.1) is 17.7 Å². The number of amides is 2. The third-order valence-corrected chi connectivity index (χ3v) is 7.78. The fraction of sp³-hybridized carbons (Fsp3) is 0.391. The fourth-order valence-electron chi connectivity index (χ4n) is 4.20. The number of methoxy groups -OCH3 is 1. The third kappa shape index (κ3) is 4.35. The Hall–Kier alpha value is -2.91. The SMILES string of the molecule is COc1ccc(C)cc1NC(=O)CN1C(=O)CCc2cc(S(=O)(=O)N3CCCC3)ccc21. The second kappa shape index (κ2) is 8.91. The maximum atomic E-state index is 12.9. The van der Waals surface area contributed by atoms with Crippen molar-refractivity contribution in [2.24, 2.45) is 0 Å². The van der Waals surface area contributed by atoms with Gasteiger partial charge in [0, 0.05) is 25.2 Å². The highest BCUT2D eigenvalue weighted by Gasteiger charge is 2.31. The number of nitrogens with zero attached hydrogens (tertiary/aromatic N) is 2. The van der Waals surface area contributed by atoms with Gasteiger partial charge in [0.2, 0.25) is 21.8 Å². The van der Waals surface area contributed by atoms with Crippen molar-refractivity contribution in [3.05, 3.63) is 47.5 Å². The largest absolute Gasteiger partial charge is 0.495 e. The summed E-state index contributed by atoms with van der Waals surface area (Å²) in [4.78, 5) is 27.0. The Morgan fingerprint density at radius 3 is 2.56 bits per heavy atom. The molecular weight excluding hydrogens is 430 g/mol. The summed E-state index contributed by atoms with van der Waals surface area (Å²) >= 11 is 0. The number of hydrogen-bond acceptors (Lipinski definition) is 5. The number of carbonyl (C=O) groups is 2. The lowest BCUT2D eigenvalue weighted by Crippen LogP contribution is -2.41. The molecule has 2 aliphatic heterocycles. The summed E-state index contributed by atoms with van der Waals surface area (Å²) in [7, 11) is -2.02. The Bertz CT molecular complexity index is 1160. The normalized spacial score (nSPS) is 16.7. The molecule has 2 heterocycles. The zero-order valence-electron chi connectivity index (χ0n) is 18.3. The van der Waals surface area contributed by atoms with Crippen molar-refractivity contribution >= 4 is 33.2 Å². The van der Waals surface area contributed by atoms with Gasteiger partial charge in [-0.1, -0.05) is 6.07 Å². The van der Waals surface area contributed by atoms with Crippen LogP contribution >= 0.6 is 0 Å². The maximum Gasteiger partial charge on any atom is 0.244 e. The molecule has 1 saturated heterocycles. The van der Waals surface area contributed by atoms with Crippen molar-refractivity contribution in [3.63, 3.8) is 0 Å². The van der Waals surface area contributed by atoms with Crippen molar-refractivity contribution in [1.82, 2.24) is 4.31 Å². The molecule has 9 heteroatoms. The second-order valence-corrected chi connectivity index (χ2v) is 10.1. The number of nitrogens with one attached hydrogen (secondary N) is 1. The quantitative estimate of drug-likeness (QED) is 0.720. The molecule has 8 nitrogen and oxygen atoms in total.